The normalized spacial score (nSPS) is 14.6. The van der Waals surface area contributed by atoms with E-state index in [1.807, 2.05) is 31.2 Å². The molecule has 150 valence electrons. The number of nitrogens with two attached hydrogens (primary N) is 1. The van der Waals surface area contributed by atoms with E-state index in [0.29, 0.717) is 30.3 Å². The number of nitrogens with one attached hydrogen (secondary N) is 3. The number of hydrogen-bond donors (Lipinski definition) is 4. The van der Waals surface area contributed by atoms with Crippen molar-refractivity contribution in [3.8, 4) is 0 Å². The average Bonchev–Trinajstić information content (AvgIpc) is 2.71. The molecule has 0 saturated carbocycles. The van der Waals surface area contributed by atoms with Crippen LogP contribution in [-0.4, -0.2) is 19.0 Å². The van der Waals surface area contributed by atoms with Crippen molar-refractivity contribution >= 4 is 23.0 Å². The van der Waals surface area contributed by atoms with E-state index in [-0.39, 0.29) is 11.6 Å². The average molecular weight is 384 g/mol. The van der Waals surface area contributed by atoms with Crippen molar-refractivity contribution < 1.29 is 9.18 Å². The van der Waals surface area contributed by atoms with Gasteiger partial charge in [-0.3, -0.25) is 4.79 Å². The van der Waals surface area contributed by atoms with Crippen LogP contribution in [0.3, 0.4) is 0 Å². The number of benzene rings is 2. The van der Waals surface area contributed by atoms with Crippen LogP contribution in [0.4, 0.5) is 21.5 Å². The predicted octanol–water partition coefficient (Wildman–Crippen LogP) is 4.05. The number of carbonyl (C=O) groups is 1. The molecule has 5 nitrogen and oxygen atoms in total. The summed E-state index contributed by atoms with van der Waals surface area (Å²) in [5.41, 5.74) is 8.77. The van der Waals surface area contributed by atoms with Gasteiger partial charge in [0, 0.05) is 13.0 Å². The number of piperidine rings is 1. The lowest BCUT2D eigenvalue weighted by atomic mass is 9.93. The largest absolute Gasteiger partial charge is 0.395 e. The highest BCUT2D eigenvalue weighted by molar-refractivity contribution is 5.94. The highest BCUT2D eigenvalue weighted by atomic mass is 19.1. The Morgan fingerprint density at radius 3 is 2.54 bits per heavy atom. The monoisotopic (exact) mass is 384 g/mol. The van der Waals surface area contributed by atoms with E-state index in [1.54, 1.807) is 12.1 Å². The lowest BCUT2D eigenvalue weighted by Gasteiger charge is -2.22. The van der Waals surface area contributed by atoms with Crippen LogP contribution in [-0.2, 0) is 11.3 Å². The summed E-state index contributed by atoms with van der Waals surface area (Å²) in [5, 5.41) is 9.13. The standard InChI is InChI=1S/C22H29FN4O/c1-15-2-4-17(5-3-15)14-26-18-7-8-19(22(24)21(18)23)27-20(28)9-6-16-10-12-25-13-11-16/h2-5,7-8,16,25-26H,6,9-14,24H2,1H3,(H,27,28). The summed E-state index contributed by atoms with van der Waals surface area (Å²) in [7, 11) is 0. The highest BCUT2D eigenvalue weighted by Gasteiger charge is 2.16. The minimum Gasteiger partial charge on any atom is -0.395 e. The third-order valence-electron chi connectivity index (χ3n) is 5.30. The molecule has 1 fully saturated rings. The molecule has 1 saturated heterocycles. The fourth-order valence-electron chi connectivity index (χ4n) is 3.46. The van der Waals surface area contributed by atoms with Crippen molar-refractivity contribution in [2.24, 2.45) is 5.92 Å². The second-order valence-electron chi connectivity index (χ2n) is 7.51. The second-order valence-corrected chi connectivity index (χ2v) is 7.51. The van der Waals surface area contributed by atoms with Crippen molar-refractivity contribution in [1.29, 1.82) is 0 Å². The molecule has 2 aromatic carbocycles. The van der Waals surface area contributed by atoms with Crippen LogP contribution in [0, 0.1) is 18.7 Å². The van der Waals surface area contributed by atoms with Crippen LogP contribution < -0.4 is 21.7 Å². The lowest BCUT2D eigenvalue weighted by molar-refractivity contribution is -0.116. The van der Waals surface area contributed by atoms with E-state index in [4.69, 9.17) is 5.73 Å². The number of aryl methyl sites for hydroxylation is 1. The number of carbonyl (C=O) groups excluding carboxylic acids is 1. The summed E-state index contributed by atoms with van der Waals surface area (Å²) in [6, 6.07) is 11.3. The summed E-state index contributed by atoms with van der Waals surface area (Å²) in [6.07, 6.45) is 3.49. The van der Waals surface area contributed by atoms with Gasteiger partial charge in [0.05, 0.1) is 17.1 Å². The summed E-state index contributed by atoms with van der Waals surface area (Å²) < 4.78 is 14.6. The molecule has 0 unspecified atom stereocenters. The van der Waals surface area contributed by atoms with Crippen molar-refractivity contribution in [3.05, 3.63) is 53.3 Å². The Morgan fingerprint density at radius 2 is 1.82 bits per heavy atom. The van der Waals surface area contributed by atoms with E-state index in [0.717, 1.165) is 37.9 Å². The van der Waals surface area contributed by atoms with Gasteiger partial charge in [-0.05, 0) is 62.9 Å². The number of halogens is 1. The maximum absolute atomic E-state index is 14.6. The van der Waals surface area contributed by atoms with Gasteiger partial charge in [-0.2, -0.15) is 0 Å². The summed E-state index contributed by atoms with van der Waals surface area (Å²) >= 11 is 0. The molecular formula is C22H29FN4O. The molecule has 1 amide bonds. The first kappa shape index (κ1) is 20.1. The number of hydrogen-bond acceptors (Lipinski definition) is 4. The molecule has 0 atom stereocenters. The van der Waals surface area contributed by atoms with Crippen LogP contribution in [0.15, 0.2) is 36.4 Å². The smallest absolute Gasteiger partial charge is 0.224 e. The maximum atomic E-state index is 14.6. The first-order valence-electron chi connectivity index (χ1n) is 9.91. The Balaban J connectivity index is 1.54. The molecular weight excluding hydrogens is 355 g/mol. The Hall–Kier alpha value is -2.60. The van der Waals surface area contributed by atoms with Crippen molar-refractivity contribution in [2.75, 3.05) is 29.5 Å². The summed E-state index contributed by atoms with van der Waals surface area (Å²) in [4.78, 5) is 12.2. The number of rotatable bonds is 7. The molecule has 0 bridgehead atoms. The quantitative estimate of drug-likeness (QED) is 0.543. The number of nitrogen functional groups attached to an aromatic ring is 1. The van der Waals surface area contributed by atoms with Crippen molar-refractivity contribution in [3.63, 3.8) is 0 Å². The number of anilines is 3. The van der Waals surface area contributed by atoms with Gasteiger partial charge in [0.2, 0.25) is 5.91 Å². The summed E-state index contributed by atoms with van der Waals surface area (Å²) in [5.74, 6) is -0.0808. The third kappa shape index (κ3) is 5.45. The van der Waals surface area contributed by atoms with Crippen LogP contribution in [0.5, 0.6) is 0 Å². The number of amides is 1. The van der Waals surface area contributed by atoms with Gasteiger partial charge in [-0.1, -0.05) is 29.8 Å². The van der Waals surface area contributed by atoms with Gasteiger partial charge in [0.1, 0.15) is 0 Å². The molecule has 0 aliphatic carbocycles. The van der Waals surface area contributed by atoms with E-state index < -0.39 is 5.82 Å². The Bertz CT molecular complexity index is 801. The molecule has 28 heavy (non-hydrogen) atoms. The van der Waals surface area contributed by atoms with E-state index in [1.165, 1.54) is 5.56 Å². The molecule has 0 radical (unpaired) electrons. The molecule has 6 heteroatoms. The van der Waals surface area contributed by atoms with Gasteiger partial charge < -0.3 is 21.7 Å². The molecule has 3 rings (SSSR count). The lowest BCUT2D eigenvalue weighted by Crippen LogP contribution is -2.28. The van der Waals surface area contributed by atoms with Crippen LogP contribution >= 0.6 is 0 Å². The van der Waals surface area contributed by atoms with Gasteiger partial charge in [-0.25, -0.2) is 4.39 Å². The fourth-order valence-corrected chi connectivity index (χ4v) is 3.46. The van der Waals surface area contributed by atoms with Gasteiger partial charge in [0.15, 0.2) is 5.82 Å². The van der Waals surface area contributed by atoms with E-state index >= 15 is 0 Å². The van der Waals surface area contributed by atoms with Gasteiger partial charge >= 0.3 is 0 Å². The molecule has 1 aliphatic rings. The molecule has 1 heterocycles. The molecule has 2 aromatic rings. The minimum atomic E-state index is -0.539. The highest BCUT2D eigenvalue weighted by Crippen LogP contribution is 2.29. The zero-order valence-electron chi connectivity index (χ0n) is 16.4. The first-order valence-corrected chi connectivity index (χ1v) is 9.91. The molecule has 1 aliphatic heterocycles. The van der Waals surface area contributed by atoms with Crippen molar-refractivity contribution in [1.82, 2.24) is 5.32 Å². The topological polar surface area (TPSA) is 79.2 Å². The summed E-state index contributed by atoms with van der Waals surface area (Å²) in [6.45, 7) is 4.55. The third-order valence-corrected chi connectivity index (χ3v) is 5.30. The van der Waals surface area contributed by atoms with Gasteiger partial charge in [0.25, 0.3) is 0 Å². The SMILES string of the molecule is Cc1ccc(CNc2ccc(NC(=O)CCC3CCNCC3)c(N)c2F)cc1. The zero-order valence-corrected chi connectivity index (χ0v) is 16.4. The Morgan fingerprint density at radius 1 is 1.14 bits per heavy atom. The zero-order chi connectivity index (χ0) is 19.9. The van der Waals surface area contributed by atoms with Gasteiger partial charge in [-0.15, -0.1) is 0 Å². The fraction of sp³-hybridized carbons (Fsp3) is 0.409. The molecule has 5 N–H and O–H groups in total. The predicted molar refractivity (Wildman–Crippen MR) is 113 cm³/mol. The van der Waals surface area contributed by atoms with E-state index in [9.17, 15) is 9.18 Å². The maximum Gasteiger partial charge on any atom is 0.224 e. The molecule has 0 spiro atoms. The Kier molecular flexibility index (Phi) is 6.87. The first-order chi connectivity index (χ1) is 13.5. The Labute approximate surface area is 165 Å². The minimum absolute atomic E-state index is 0.0378. The van der Waals surface area contributed by atoms with Crippen LogP contribution in [0.25, 0.3) is 0 Å². The second kappa shape index (κ2) is 9.55. The van der Waals surface area contributed by atoms with E-state index in [2.05, 4.69) is 16.0 Å². The van der Waals surface area contributed by atoms with Crippen molar-refractivity contribution in [2.45, 2.75) is 39.2 Å². The molecule has 0 aromatic heterocycles. The van der Waals surface area contributed by atoms with Crippen LogP contribution in [0.1, 0.15) is 36.8 Å². The van der Waals surface area contributed by atoms with Crippen LogP contribution in [0.2, 0.25) is 0 Å².